The Bertz CT molecular complexity index is 3550. The van der Waals surface area contributed by atoms with Crippen LogP contribution in [-0.4, -0.2) is 175 Å². The molecule has 8 amide bonds. The van der Waals surface area contributed by atoms with Crippen molar-refractivity contribution < 1.29 is 56.7 Å². The van der Waals surface area contributed by atoms with Gasteiger partial charge in [-0.2, -0.15) is 23.5 Å². The zero-order valence-electron chi connectivity index (χ0n) is 51.0. The topological polar surface area (TPSA) is 303 Å². The average Bonchev–Trinajstić information content (AvgIpc) is 1.81. The first kappa shape index (κ1) is 66.3. The number of halogens is 2. The van der Waals surface area contributed by atoms with Crippen molar-refractivity contribution >= 4 is 104 Å². The summed E-state index contributed by atoms with van der Waals surface area (Å²) in [5, 5.41) is 9.15. The number of hydrogen-bond donors (Lipinski definition) is 7. The van der Waals surface area contributed by atoms with Crippen molar-refractivity contribution in [1.82, 2.24) is 45.5 Å². The molecule has 9 N–H and O–H groups in total. The van der Waals surface area contributed by atoms with Crippen LogP contribution >= 0.6 is 23.5 Å². The largest absolute Gasteiger partial charge is 0.369 e. The smallest absolute Gasteiger partial charge is 0.246 e. The van der Waals surface area contributed by atoms with Gasteiger partial charge in [0.1, 0.15) is 35.8 Å². The fourth-order valence-corrected chi connectivity index (χ4v) is 15.7. The Balaban J connectivity index is 0.936. The molecule has 2 aromatic heterocycles. The highest BCUT2D eigenvalue weighted by molar-refractivity contribution is 7.98. The van der Waals surface area contributed by atoms with E-state index in [0.717, 1.165) is 11.1 Å². The number of primary amides is 1. The number of nitrogens with zero attached hydrogens (tertiary/aromatic N) is 4. The van der Waals surface area contributed by atoms with Crippen molar-refractivity contribution in [3.63, 3.8) is 0 Å². The molecule has 5 aliphatic heterocycles. The Labute approximate surface area is 535 Å². The molecule has 0 unspecified atom stereocenters. The summed E-state index contributed by atoms with van der Waals surface area (Å²) >= 11 is 2.99. The number of nitrogens with one attached hydrogen (secondary N) is 5. The number of aromatic nitrogens is 2. The Kier molecular flexibility index (Phi) is 22.3. The summed E-state index contributed by atoms with van der Waals surface area (Å²) < 4.78 is 29.8. The molecule has 0 spiro atoms. The number of aromatic amines is 2. The normalized spacial score (nSPS) is 25.5. The highest BCUT2D eigenvalue weighted by Gasteiger charge is 2.48. The van der Waals surface area contributed by atoms with Gasteiger partial charge in [-0.25, -0.2) is 8.78 Å². The first-order chi connectivity index (χ1) is 43.9. The average molecular weight is 1290 g/mol. The third-order valence-corrected chi connectivity index (χ3v) is 20.6. The molecule has 7 heterocycles. The highest BCUT2D eigenvalue weighted by atomic mass is 32.2. The summed E-state index contributed by atoms with van der Waals surface area (Å²) in [7, 11) is 0. The number of carbonyl (C=O) groups excluding carboxylic acids is 10. The lowest BCUT2D eigenvalue weighted by atomic mass is 9.88. The fraction of sp³-hybridized carbons (Fsp3) is 0.515. The lowest BCUT2D eigenvalue weighted by Crippen LogP contribution is -2.57. The summed E-state index contributed by atoms with van der Waals surface area (Å²) in [6, 6.07) is 10.1. The molecule has 0 saturated carbocycles. The molecule has 486 valence electrons. The van der Waals surface area contributed by atoms with Crippen molar-refractivity contribution in [1.29, 1.82) is 0 Å². The van der Waals surface area contributed by atoms with Gasteiger partial charge in [0.25, 0.3) is 0 Å². The molecule has 4 saturated heterocycles. The Morgan fingerprint density at radius 1 is 0.582 bits per heavy atom. The van der Waals surface area contributed by atoms with Gasteiger partial charge in [0.2, 0.25) is 47.3 Å². The van der Waals surface area contributed by atoms with Crippen molar-refractivity contribution in [2.24, 2.45) is 23.3 Å². The van der Waals surface area contributed by atoms with Gasteiger partial charge >= 0.3 is 0 Å². The van der Waals surface area contributed by atoms with E-state index in [2.05, 4.69) is 25.9 Å². The lowest BCUT2D eigenvalue weighted by Gasteiger charge is -2.36. The number of H-pyrrole nitrogens is 2. The summed E-state index contributed by atoms with van der Waals surface area (Å²) in [6.07, 6.45) is 6.94. The number of thioether (sulfide) groups is 2. The van der Waals surface area contributed by atoms with Crippen LogP contribution in [0.4, 0.5) is 8.78 Å². The number of Topliss-reactive ketones (excluding diaryl/α,β-unsaturated/α-hetero) is 2. The predicted molar refractivity (Wildman–Crippen MR) is 341 cm³/mol. The molecule has 10 rings (SSSR count). The second kappa shape index (κ2) is 30.7. The van der Waals surface area contributed by atoms with Gasteiger partial charge in [-0.15, -0.1) is 0 Å². The van der Waals surface area contributed by atoms with Crippen LogP contribution in [0.3, 0.4) is 0 Å². The Morgan fingerprint density at radius 2 is 1.11 bits per heavy atom. The minimum absolute atomic E-state index is 0.0793. The van der Waals surface area contributed by atoms with Crippen LogP contribution in [0.5, 0.6) is 0 Å². The van der Waals surface area contributed by atoms with Gasteiger partial charge in [0.15, 0.2) is 11.6 Å². The van der Waals surface area contributed by atoms with Crippen LogP contribution in [0.15, 0.2) is 73.1 Å². The van der Waals surface area contributed by atoms with Gasteiger partial charge in [-0.1, -0.05) is 24.3 Å². The van der Waals surface area contributed by atoms with Crippen molar-refractivity contribution in [3.8, 4) is 0 Å². The van der Waals surface area contributed by atoms with Crippen molar-refractivity contribution in [2.45, 2.75) is 150 Å². The fourth-order valence-electron chi connectivity index (χ4n) is 13.7. The Morgan fingerprint density at radius 3 is 1.68 bits per heavy atom. The molecule has 0 aliphatic carbocycles. The molecular weight excluding hydrogens is 1210 g/mol. The minimum atomic E-state index is -1.36. The van der Waals surface area contributed by atoms with Gasteiger partial charge in [0, 0.05) is 115 Å². The lowest BCUT2D eigenvalue weighted by molar-refractivity contribution is -0.153. The van der Waals surface area contributed by atoms with E-state index in [4.69, 9.17) is 11.5 Å². The zero-order valence-corrected chi connectivity index (χ0v) is 52.7. The Hall–Kier alpha value is -7.64. The standard InChI is InChI=1S/C66H81F2N11O10S2/c67-45-15-17-49-47(31-45)42(33-71-49)27-41-29-57(80)52(28-43-34-72-50-18-16-46(68)32-48(43)50)75-60(83)35-73-62(85)51(10-1-2-20-69)74-59(82)19-25-90-36-39-8-3-9-40(26-39)37-91-38-44(61(70)84)30-58(81)53-11-4-21-76(53)64(87)55-13-6-23-78(55)66(89)56-14-7-24-79(56)65(88)54-12-5-22-77(54)63(41)86/h3,8-9,15-18,26,31-34,41,44,51-56,71-72H,1-2,4-7,10-14,19-25,27-30,35-38,69H2,(H2,70,84)(H,73,85)(H,74,82)(H,75,83)/t41-,44+,51+,52+,53+,54+,55+,56+/m1/s1. The molecule has 21 nitrogen and oxygen atoms in total. The van der Waals surface area contributed by atoms with Gasteiger partial charge in [0.05, 0.1) is 24.5 Å². The molecule has 5 aromatic rings. The molecule has 5 aliphatic rings. The van der Waals surface area contributed by atoms with E-state index in [1.165, 1.54) is 62.5 Å². The SMILES string of the molecule is NCCCC[C@@H]1NC(=O)CCSCc2cccc(c2)CSC[C@@H](C(N)=O)CC(=O)[C@@H]2CCCN2C(=O)[C@@H]2CCCN2C(=O)[C@@H]2CCCN2C(=O)[C@@H]2CCCN2C(=O)[C@H](Cc2c[nH]c3ccc(F)cc23)CC(=O)[C@H](Cc2c[nH]c3ccc(F)cc23)NC(=O)CNC1=O. The van der Waals surface area contributed by atoms with E-state index in [-0.39, 0.29) is 81.5 Å². The molecule has 8 atom stereocenters. The molecule has 2 bridgehead atoms. The molecular formula is C66H81F2N11O10S2. The highest BCUT2D eigenvalue weighted by Crippen LogP contribution is 2.34. The summed E-state index contributed by atoms with van der Waals surface area (Å²) in [6.45, 7) is 0.633. The summed E-state index contributed by atoms with van der Waals surface area (Å²) in [5.41, 5.74) is 15.8. The minimum Gasteiger partial charge on any atom is -0.369 e. The van der Waals surface area contributed by atoms with Crippen LogP contribution < -0.4 is 27.4 Å². The number of ketones is 2. The predicted octanol–water partition coefficient (Wildman–Crippen LogP) is 5.10. The first-order valence-electron chi connectivity index (χ1n) is 31.8. The van der Waals surface area contributed by atoms with Crippen LogP contribution in [-0.2, 0) is 72.3 Å². The molecule has 3 aromatic carbocycles. The number of carbonyl (C=O) groups is 10. The maximum absolute atomic E-state index is 15.5. The third-order valence-electron chi connectivity index (χ3n) is 18.4. The number of amides is 8. The maximum atomic E-state index is 15.5. The van der Waals surface area contributed by atoms with Crippen molar-refractivity contribution in [2.75, 3.05) is 50.8 Å². The second-order valence-corrected chi connectivity index (χ2v) is 26.8. The van der Waals surface area contributed by atoms with E-state index in [1.807, 2.05) is 24.3 Å². The maximum Gasteiger partial charge on any atom is 0.246 e. The van der Waals surface area contributed by atoms with Gasteiger partial charge in [-0.05, 0) is 142 Å². The quantitative estimate of drug-likeness (QED) is 0.0947. The third kappa shape index (κ3) is 16.2. The number of unbranched alkanes of at least 4 members (excludes halogenated alkanes) is 1. The van der Waals surface area contributed by atoms with Gasteiger partial charge in [-0.3, -0.25) is 47.9 Å². The second-order valence-electron chi connectivity index (χ2n) is 24.7. The zero-order chi connectivity index (χ0) is 64.3. The van der Waals surface area contributed by atoms with Crippen LogP contribution in [0.2, 0.25) is 0 Å². The van der Waals surface area contributed by atoms with E-state index < -0.39 is 114 Å². The van der Waals surface area contributed by atoms with Crippen LogP contribution in [0, 0.1) is 23.5 Å². The van der Waals surface area contributed by atoms with Crippen LogP contribution in [0.1, 0.15) is 112 Å². The van der Waals surface area contributed by atoms with Gasteiger partial charge < -0.3 is 57.0 Å². The number of fused-ring (bicyclic) bond motifs is 8. The van der Waals surface area contributed by atoms with E-state index in [0.29, 0.717) is 121 Å². The molecule has 25 heteroatoms. The van der Waals surface area contributed by atoms with E-state index >= 15 is 14.4 Å². The number of nitrogens with two attached hydrogens (primary N) is 2. The molecule has 91 heavy (non-hydrogen) atoms. The van der Waals surface area contributed by atoms with E-state index in [1.54, 1.807) is 29.4 Å². The number of hydrogen-bond acceptors (Lipinski definition) is 13. The summed E-state index contributed by atoms with van der Waals surface area (Å²) in [4.78, 5) is 156. The number of rotatable bonds is 9. The van der Waals surface area contributed by atoms with E-state index in [9.17, 15) is 42.3 Å². The van der Waals surface area contributed by atoms with Crippen molar-refractivity contribution in [3.05, 3.63) is 107 Å². The monoisotopic (exact) mass is 1290 g/mol. The summed E-state index contributed by atoms with van der Waals surface area (Å²) in [5.74, 6) is -6.35. The van der Waals surface area contributed by atoms with Crippen LogP contribution in [0.25, 0.3) is 21.8 Å². The first-order valence-corrected chi connectivity index (χ1v) is 34.1. The number of benzene rings is 3. The molecule has 0 radical (unpaired) electrons. The molecule has 4 fully saturated rings.